The predicted molar refractivity (Wildman–Crippen MR) is 77.3 cm³/mol. The van der Waals surface area contributed by atoms with Crippen LogP contribution in [0.5, 0.6) is 5.75 Å². The van der Waals surface area contributed by atoms with E-state index >= 15 is 0 Å². The molecule has 0 aliphatic rings. The van der Waals surface area contributed by atoms with Gasteiger partial charge < -0.3 is 4.74 Å². The van der Waals surface area contributed by atoms with E-state index in [0.717, 1.165) is 17.8 Å². The van der Waals surface area contributed by atoms with E-state index in [-0.39, 0.29) is 6.61 Å². The number of ether oxygens (including phenoxy) is 1. The lowest BCUT2D eigenvalue weighted by molar-refractivity contribution is 0.367. The van der Waals surface area contributed by atoms with Gasteiger partial charge in [-0.05, 0) is 24.4 Å². The maximum absolute atomic E-state index is 8.56. The van der Waals surface area contributed by atoms with Crippen molar-refractivity contribution < 1.29 is 4.74 Å². The zero-order chi connectivity index (χ0) is 14.4. The summed E-state index contributed by atoms with van der Waals surface area (Å²) < 4.78 is 7.34. The van der Waals surface area contributed by atoms with Crippen LogP contribution in [0.15, 0.2) is 29.4 Å². The summed E-state index contributed by atoms with van der Waals surface area (Å²) in [5.74, 6) is 1.35. The molecular formula is C13H13N5OS. The standard InChI is InChI=1S/C13H13N5OS/c1-2-12-16-17-13(20)18(12)15-9-10-5-3-4-6-11(10)19-8-7-14/h3-6,9H,2,8H2,1H3,(H,17,20)/b15-9-. The minimum absolute atomic E-state index is 0.00377. The fraction of sp³-hybridized carbons (Fsp3) is 0.231. The molecule has 20 heavy (non-hydrogen) atoms. The summed E-state index contributed by atoms with van der Waals surface area (Å²) >= 11 is 5.11. The number of nitrogens with zero attached hydrogens (tertiary/aromatic N) is 4. The molecule has 0 unspecified atom stereocenters. The molecule has 1 aromatic carbocycles. The lowest BCUT2D eigenvalue weighted by Crippen LogP contribution is -2.00. The Kier molecular flexibility index (Phi) is 4.63. The summed E-state index contributed by atoms with van der Waals surface area (Å²) in [4.78, 5) is 0. The highest BCUT2D eigenvalue weighted by Crippen LogP contribution is 2.15. The number of nitriles is 1. The number of hydrogen-bond acceptors (Lipinski definition) is 5. The Morgan fingerprint density at radius 2 is 2.35 bits per heavy atom. The van der Waals surface area contributed by atoms with Gasteiger partial charge in [0.15, 0.2) is 12.4 Å². The van der Waals surface area contributed by atoms with E-state index in [0.29, 0.717) is 10.5 Å². The maximum atomic E-state index is 8.56. The number of aromatic nitrogens is 3. The first kappa shape index (κ1) is 14.0. The Labute approximate surface area is 121 Å². The third-order valence-corrected chi connectivity index (χ3v) is 2.82. The Hall–Kier alpha value is -2.46. The zero-order valence-electron chi connectivity index (χ0n) is 10.9. The van der Waals surface area contributed by atoms with Gasteiger partial charge in [0.2, 0.25) is 4.77 Å². The van der Waals surface area contributed by atoms with Crippen LogP contribution in [-0.2, 0) is 6.42 Å². The Morgan fingerprint density at radius 1 is 1.55 bits per heavy atom. The van der Waals surface area contributed by atoms with Gasteiger partial charge in [0.1, 0.15) is 11.8 Å². The molecule has 0 bridgehead atoms. The van der Waals surface area contributed by atoms with Crippen LogP contribution in [0.4, 0.5) is 0 Å². The van der Waals surface area contributed by atoms with Crippen LogP contribution in [0.2, 0.25) is 0 Å². The van der Waals surface area contributed by atoms with Crippen LogP contribution < -0.4 is 4.74 Å². The normalized spacial score (nSPS) is 10.6. The van der Waals surface area contributed by atoms with Crippen molar-refractivity contribution in [2.75, 3.05) is 6.61 Å². The molecule has 1 heterocycles. The van der Waals surface area contributed by atoms with Crippen molar-refractivity contribution in [3.05, 3.63) is 40.4 Å². The molecule has 1 aromatic heterocycles. The SMILES string of the molecule is CCc1n[nH]c(=S)n1/N=C\c1ccccc1OCC#N. The van der Waals surface area contributed by atoms with Crippen molar-refractivity contribution >= 4 is 18.4 Å². The Morgan fingerprint density at radius 3 is 3.10 bits per heavy atom. The second-order valence-electron chi connectivity index (χ2n) is 3.84. The van der Waals surface area contributed by atoms with Crippen molar-refractivity contribution in [1.29, 1.82) is 5.26 Å². The molecule has 0 atom stereocenters. The highest BCUT2D eigenvalue weighted by molar-refractivity contribution is 7.71. The molecule has 0 aliphatic carbocycles. The third kappa shape index (κ3) is 3.10. The van der Waals surface area contributed by atoms with E-state index in [1.165, 1.54) is 0 Å². The molecule has 0 amide bonds. The number of rotatable bonds is 5. The summed E-state index contributed by atoms with van der Waals surface area (Å²) in [6.45, 7) is 1.97. The van der Waals surface area contributed by atoms with Crippen LogP contribution in [0, 0.1) is 16.1 Å². The van der Waals surface area contributed by atoms with Gasteiger partial charge in [-0.15, -0.1) is 0 Å². The Balaban J connectivity index is 2.30. The van der Waals surface area contributed by atoms with E-state index in [9.17, 15) is 0 Å². The van der Waals surface area contributed by atoms with Gasteiger partial charge in [-0.25, -0.2) is 0 Å². The monoisotopic (exact) mass is 287 g/mol. The summed E-state index contributed by atoms with van der Waals surface area (Å²) in [6.07, 6.45) is 2.36. The predicted octanol–water partition coefficient (Wildman–Crippen LogP) is 2.29. The molecule has 7 heteroatoms. The average molecular weight is 287 g/mol. The summed E-state index contributed by atoms with van der Waals surface area (Å²) in [7, 11) is 0. The van der Waals surface area contributed by atoms with Crippen LogP contribution in [0.25, 0.3) is 0 Å². The molecule has 0 spiro atoms. The fourth-order valence-corrected chi connectivity index (χ4v) is 1.82. The largest absolute Gasteiger partial charge is 0.478 e. The molecule has 6 nitrogen and oxygen atoms in total. The molecule has 0 radical (unpaired) electrons. The van der Waals surface area contributed by atoms with E-state index in [1.54, 1.807) is 17.0 Å². The number of H-pyrrole nitrogens is 1. The lowest BCUT2D eigenvalue weighted by Gasteiger charge is -2.04. The average Bonchev–Trinajstić information content (AvgIpc) is 2.84. The van der Waals surface area contributed by atoms with Crippen LogP contribution in [0.1, 0.15) is 18.3 Å². The maximum Gasteiger partial charge on any atom is 0.216 e. The number of hydrogen-bond donors (Lipinski definition) is 1. The zero-order valence-corrected chi connectivity index (χ0v) is 11.7. The van der Waals surface area contributed by atoms with Crippen LogP contribution in [0.3, 0.4) is 0 Å². The topological polar surface area (TPSA) is 79.0 Å². The first-order chi connectivity index (χ1) is 9.76. The van der Waals surface area contributed by atoms with Crippen LogP contribution in [-0.4, -0.2) is 27.7 Å². The quantitative estimate of drug-likeness (QED) is 0.676. The minimum Gasteiger partial charge on any atom is -0.478 e. The number of aromatic amines is 1. The summed E-state index contributed by atoms with van der Waals surface area (Å²) in [5.41, 5.74) is 0.771. The van der Waals surface area contributed by atoms with Gasteiger partial charge in [-0.2, -0.15) is 20.1 Å². The molecular weight excluding hydrogens is 274 g/mol. The van der Waals surface area contributed by atoms with Crippen molar-refractivity contribution in [3.8, 4) is 11.8 Å². The molecule has 0 aliphatic heterocycles. The van der Waals surface area contributed by atoms with Crippen LogP contribution >= 0.6 is 12.2 Å². The van der Waals surface area contributed by atoms with Crippen molar-refractivity contribution in [3.63, 3.8) is 0 Å². The van der Waals surface area contributed by atoms with E-state index in [2.05, 4.69) is 15.3 Å². The molecule has 1 N–H and O–H groups in total. The molecule has 0 fully saturated rings. The number of aryl methyl sites for hydroxylation is 1. The van der Waals surface area contributed by atoms with E-state index in [4.69, 9.17) is 22.2 Å². The second kappa shape index (κ2) is 6.63. The molecule has 0 saturated carbocycles. The van der Waals surface area contributed by atoms with E-state index in [1.807, 2.05) is 31.2 Å². The van der Waals surface area contributed by atoms with Crippen molar-refractivity contribution in [1.82, 2.24) is 14.9 Å². The van der Waals surface area contributed by atoms with Gasteiger partial charge >= 0.3 is 0 Å². The molecule has 0 saturated heterocycles. The smallest absolute Gasteiger partial charge is 0.216 e. The first-order valence-electron chi connectivity index (χ1n) is 6.05. The highest BCUT2D eigenvalue weighted by atomic mass is 32.1. The number of benzene rings is 1. The molecule has 2 aromatic rings. The summed E-state index contributed by atoms with van der Waals surface area (Å²) in [6, 6.07) is 9.28. The highest BCUT2D eigenvalue weighted by Gasteiger charge is 2.03. The van der Waals surface area contributed by atoms with Crippen molar-refractivity contribution in [2.24, 2.45) is 5.10 Å². The van der Waals surface area contributed by atoms with Gasteiger partial charge in [0, 0.05) is 12.0 Å². The number of para-hydroxylation sites is 1. The third-order valence-electron chi connectivity index (χ3n) is 2.56. The van der Waals surface area contributed by atoms with E-state index < -0.39 is 0 Å². The van der Waals surface area contributed by atoms with Gasteiger partial charge in [-0.1, -0.05) is 19.1 Å². The van der Waals surface area contributed by atoms with Gasteiger partial charge in [0.05, 0.1) is 6.21 Å². The van der Waals surface area contributed by atoms with Gasteiger partial charge in [0.25, 0.3) is 0 Å². The molecule has 102 valence electrons. The molecule has 2 rings (SSSR count). The van der Waals surface area contributed by atoms with Gasteiger partial charge in [-0.3, -0.25) is 5.10 Å². The fourth-order valence-electron chi connectivity index (χ4n) is 1.62. The second-order valence-corrected chi connectivity index (χ2v) is 4.23. The number of nitrogens with one attached hydrogen (secondary N) is 1. The minimum atomic E-state index is -0.00377. The first-order valence-corrected chi connectivity index (χ1v) is 6.46. The lowest BCUT2D eigenvalue weighted by atomic mass is 10.2. The van der Waals surface area contributed by atoms with Crippen molar-refractivity contribution in [2.45, 2.75) is 13.3 Å². The Bertz CT molecular complexity index is 710. The summed E-state index contributed by atoms with van der Waals surface area (Å²) in [5, 5.41) is 19.6.